The molecule has 1 atom stereocenters. The van der Waals surface area contributed by atoms with Gasteiger partial charge in [0.05, 0.1) is 18.9 Å². The first-order valence-corrected chi connectivity index (χ1v) is 6.03. The van der Waals surface area contributed by atoms with Gasteiger partial charge < -0.3 is 14.7 Å². The van der Waals surface area contributed by atoms with E-state index in [1.54, 1.807) is 18.3 Å². The van der Waals surface area contributed by atoms with Crippen molar-refractivity contribution in [1.29, 1.82) is 0 Å². The van der Waals surface area contributed by atoms with Crippen molar-refractivity contribution in [3.05, 3.63) is 12.3 Å². The summed E-state index contributed by atoms with van der Waals surface area (Å²) in [5.74, 6) is 0. The molecule has 98 valence electrons. The Morgan fingerprint density at radius 2 is 2.18 bits per heavy atom. The molecule has 1 heterocycles. The first-order valence-electron chi connectivity index (χ1n) is 6.03. The van der Waals surface area contributed by atoms with Gasteiger partial charge >= 0.3 is 6.09 Å². The molecule has 1 amide bonds. The van der Waals surface area contributed by atoms with E-state index in [0.717, 1.165) is 12.8 Å². The van der Waals surface area contributed by atoms with Crippen molar-refractivity contribution in [2.45, 2.75) is 45.6 Å². The second kappa shape index (κ2) is 4.98. The van der Waals surface area contributed by atoms with Gasteiger partial charge in [-0.2, -0.15) is 0 Å². The molecule has 0 aromatic rings. The predicted molar refractivity (Wildman–Crippen MR) is 66.9 cm³/mol. The van der Waals surface area contributed by atoms with Crippen molar-refractivity contribution < 1.29 is 14.6 Å². The molecule has 1 rings (SSSR count). The van der Waals surface area contributed by atoms with Gasteiger partial charge in [-0.3, -0.25) is 0 Å². The lowest BCUT2D eigenvalue weighted by molar-refractivity contribution is 0.0323. The third-order valence-electron chi connectivity index (χ3n) is 3.80. The number of rotatable bonds is 3. The number of carboxylic acid groups (broad SMARTS) is 1. The number of ether oxygens (including phenoxy) is 1. The van der Waals surface area contributed by atoms with E-state index < -0.39 is 6.09 Å². The van der Waals surface area contributed by atoms with Gasteiger partial charge in [0, 0.05) is 6.54 Å². The Bertz CT molecular complexity index is 306. The predicted octanol–water partition coefficient (Wildman–Crippen LogP) is 3.10. The van der Waals surface area contributed by atoms with E-state index in [4.69, 9.17) is 4.74 Å². The molecule has 0 spiro atoms. The van der Waals surface area contributed by atoms with Crippen molar-refractivity contribution in [2.75, 3.05) is 13.7 Å². The second-order valence-electron chi connectivity index (χ2n) is 5.63. The van der Waals surface area contributed by atoms with Crippen molar-refractivity contribution in [1.82, 2.24) is 4.90 Å². The molecule has 1 fully saturated rings. The summed E-state index contributed by atoms with van der Waals surface area (Å²) in [7, 11) is 1.60. The van der Waals surface area contributed by atoms with Crippen molar-refractivity contribution in [3.8, 4) is 0 Å². The van der Waals surface area contributed by atoms with E-state index in [1.807, 2.05) is 6.08 Å². The third-order valence-corrected chi connectivity index (χ3v) is 3.80. The van der Waals surface area contributed by atoms with E-state index in [-0.39, 0.29) is 11.0 Å². The average Bonchev–Trinajstić information content (AvgIpc) is 2.62. The van der Waals surface area contributed by atoms with Gasteiger partial charge in [0.1, 0.15) is 0 Å². The summed E-state index contributed by atoms with van der Waals surface area (Å²) in [6, 6.07) is 0. The van der Waals surface area contributed by atoms with Gasteiger partial charge in [-0.15, -0.1) is 0 Å². The zero-order valence-corrected chi connectivity index (χ0v) is 11.2. The Labute approximate surface area is 103 Å². The summed E-state index contributed by atoms with van der Waals surface area (Å²) in [5.41, 5.74) is -0.395. The molecule has 0 bridgehead atoms. The molecule has 1 unspecified atom stereocenters. The maximum Gasteiger partial charge on any atom is 0.407 e. The van der Waals surface area contributed by atoms with Crippen LogP contribution in [-0.4, -0.2) is 35.3 Å². The molecular weight excluding hydrogens is 218 g/mol. The fraction of sp³-hybridized carbons (Fsp3) is 0.769. The highest BCUT2D eigenvalue weighted by atomic mass is 16.5. The molecule has 0 aromatic heterocycles. The van der Waals surface area contributed by atoms with Crippen LogP contribution in [0.15, 0.2) is 12.3 Å². The summed E-state index contributed by atoms with van der Waals surface area (Å²) in [5, 5.41) is 9.34. The minimum absolute atomic E-state index is 0.0834. The Kier molecular flexibility index (Phi) is 4.07. The fourth-order valence-corrected chi connectivity index (χ4v) is 2.79. The minimum atomic E-state index is -0.816. The van der Waals surface area contributed by atoms with Crippen molar-refractivity contribution >= 4 is 6.09 Å². The van der Waals surface area contributed by atoms with Gasteiger partial charge in [-0.25, -0.2) is 4.79 Å². The average molecular weight is 241 g/mol. The molecule has 1 saturated heterocycles. The summed E-state index contributed by atoms with van der Waals surface area (Å²) >= 11 is 0. The van der Waals surface area contributed by atoms with E-state index in [9.17, 15) is 9.90 Å². The third kappa shape index (κ3) is 2.56. The van der Waals surface area contributed by atoms with Crippen LogP contribution in [0.3, 0.4) is 0 Å². The van der Waals surface area contributed by atoms with Crippen molar-refractivity contribution in [2.24, 2.45) is 5.41 Å². The first-order chi connectivity index (χ1) is 7.85. The van der Waals surface area contributed by atoms with E-state index in [1.165, 1.54) is 0 Å². The number of likely N-dealkylation sites (tertiary alicyclic amines) is 1. The Morgan fingerprint density at radius 1 is 1.53 bits per heavy atom. The second-order valence-corrected chi connectivity index (χ2v) is 5.63. The van der Waals surface area contributed by atoms with E-state index in [2.05, 4.69) is 20.8 Å². The smallest absolute Gasteiger partial charge is 0.407 e. The number of hydrogen-bond acceptors (Lipinski definition) is 2. The molecule has 0 aliphatic carbocycles. The van der Waals surface area contributed by atoms with Gasteiger partial charge in [-0.1, -0.05) is 20.8 Å². The van der Waals surface area contributed by atoms with Crippen LogP contribution in [0.1, 0.15) is 40.0 Å². The van der Waals surface area contributed by atoms with Crippen LogP contribution in [-0.2, 0) is 4.74 Å². The Morgan fingerprint density at radius 3 is 2.65 bits per heavy atom. The molecule has 0 aromatic carbocycles. The van der Waals surface area contributed by atoms with Gasteiger partial charge in [0.25, 0.3) is 0 Å². The standard InChI is InChI=1S/C13H23NO3/c1-12(2,3)13(8-6-10-17-4)7-5-9-14(13)11(15)16/h6,10H,5,7-9H2,1-4H3,(H,15,16)/b10-6+. The number of hydrogen-bond donors (Lipinski definition) is 1. The number of nitrogens with zero attached hydrogens (tertiary/aromatic N) is 1. The monoisotopic (exact) mass is 241 g/mol. The zero-order valence-electron chi connectivity index (χ0n) is 11.2. The first kappa shape index (κ1) is 13.9. The Hall–Kier alpha value is -1.19. The lowest BCUT2D eigenvalue weighted by Crippen LogP contribution is -2.55. The molecule has 17 heavy (non-hydrogen) atoms. The molecule has 0 radical (unpaired) electrons. The highest BCUT2D eigenvalue weighted by molar-refractivity contribution is 5.67. The van der Waals surface area contributed by atoms with Crippen LogP contribution < -0.4 is 0 Å². The normalized spacial score (nSPS) is 25.5. The van der Waals surface area contributed by atoms with Gasteiger partial charge in [0.2, 0.25) is 0 Å². The van der Waals surface area contributed by atoms with Gasteiger partial charge in [-0.05, 0) is 30.8 Å². The Balaban J connectivity index is 3.01. The molecular formula is C13H23NO3. The number of carbonyl (C=O) groups is 1. The largest absolute Gasteiger partial charge is 0.505 e. The molecule has 1 aliphatic rings. The summed E-state index contributed by atoms with van der Waals surface area (Å²) in [4.78, 5) is 13.0. The van der Waals surface area contributed by atoms with Gasteiger partial charge in [0.15, 0.2) is 0 Å². The van der Waals surface area contributed by atoms with Crippen molar-refractivity contribution in [3.63, 3.8) is 0 Å². The van der Waals surface area contributed by atoms with Crippen LogP contribution in [0.2, 0.25) is 0 Å². The van der Waals surface area contributed by atoms with Crippen LogP contribution in [0.4, 0.5) is 4.79 Å². The topological polar surface area (TPSA) is 49.8 Å². The minimum Gasteiger partial charge on any atom is -0.505 e. The summed E-state index contributed by atoms with van der Waals surface area (Å²) < 4.78 is 4.91. The molecule has 0 saturated carbocycles. The highest BCUT2D eigenvalue weighted by Gasteiger charge is 2.50. The lowest BCUT2D eigenvalue weighted by Gasteiger charge is -2.46. The van der Waals surface area contributed by atoms with Crippen LogP contribution in [0.25, 0.3) is 0 Å². The van der Waals surface area contributed by atoms with Crippen LogP contribution >= 0.6 is 0 Å². The molecule has 4 heteroatoms. The molecule has 1 N–H and O–H groups in total. The maximum absolute atomic E-state index is 11.4. The summed E-state index contributed by atoms with van der Waals surface area (Å²) in [6.07, 6.45) is 5.29. The highest BCUT2D eigenvalue weighted by Crippen LogP contribution is 2.46. The van der Waals surface area contributed by atoms with E-state index >= 15 is 0 Å². The lowest BCUT2D eigenvalue weighted by atomic mass is 9.70. The zero-order chi connectivity index (χ0) is 13.1. The van der Waals surface area contributed by atoms with Crippen LogP contribution in [0, 0.1) is 5.41 Å². The number of amides is 1. The van der Waals surface area contributed by atoms with Crippen LogP contribution in [0.5, 0.6) is 0 Å². The summed E-state index contributed by atoms with van der Waals surface area (Å²) in [6.45, 7) is 6.95. The SMILES string of the molecule is CO/C=C/CC1(C(C)(C)C)CCCN1C(=O)O. The van der Waals surface area contributed by atoms with E-state index in [0.29, 0.717) is 13.0 Å². The quantitative estimate of drug-likeness (QED) is 0.772. The fourth-order valence-electron chi connectivity index (χ4n) is 2.79. The maximum atomic E-state index is 11.4. The molecule has 4 nitrogen and oxygen atoms in total. The number of methoxy groups -OCH3 is 1. The molecule has 1 aliphatic heterocycles.